The highest BCUT2D eigenvalue weighted by Gasteiger charge is 2.28. The molecule has 0 spiro atoms. The van der Waals surface area contributed by atoms with Crippen LogP contribution >= 0.6 is 11.3 Å². The number of aromatic nitrogens is 1. The summed E-state index contributed by atoms with van der Waals surface area (Å²) in [7, 11) is 0. The molecule has 21 heavy (non-hydrogen) atoms. The summed E-state index contributed by atoms with van der Waals surface area (Å²) in [5.41, 5.74) is 7.60. The van der Waals surface area contributed by atoms with E-state index in [2.05, 4.69) is 5.16 Å². The van der Waals surface area contributed by atoms with E-state index in [0.717, 1.165) is 42.1 Å². The Kier molecular flexibility index (Phi) is 3.71. The van der Waals surface area contributed by atoms with E-state index in [9.17, 15) is 4.79 Å². The van der Waals surface area contributed by atoms with Gasteiger partial charge in [-0.1, -0.05) is 5.16 Å². The molecule has 5 nitrogen and oxygen atoms in total. The maximum Gasteiger partial charge on any atom is 0.263 e. The Labute approximate surface area is 127 Å². The first-order valence-corrected chi connectivity index (χ1v) is 7.95. The highest BCUT2D eigenvalue weighted by Crippen LogP contribution is 2.32. The summed E-state index contributed by atoms with van der Waals surface area (Å²) in [5, 5.41) is 4.07. The Morgan fingerprint density at radius 3 is 2.62 bits per heavy atom. The van der Waals surface area contributed by atoms with Gasteiger partial charge >= 0.3 is 0 Å². The zero-order valence-electron chi connectivity index (χ0n) is 12.3. The van der Waals surface area contributed by atoms with Crippen molar-refractivity contribution < 1.29 is 9.32 Å². The third-order valence-electron chi connectivity index (χ3n) is 4.12. The molecule has 1 aliphatic heterocycles. The van der Waals surface area contributed by atoms with Crippen LogP contribution in [0.2, 0.25) is 0 Å². The Morgan fingerprint density at radius 2 is 2.10 bits per heavy atom. The Hall–Kier alpha value is -1.82. The second kappa shape index (κ2) is 5.52. The lowest BCUT2D eigenvalue weighted by atomic mass is 9.91. The van der Waals surface area contributed by atoms with Crippen molar-refractivity contribution in [2.45, 2.75) is 32.6 Å². The number of hydrogen-bond donors (Lipinski definition) is 1. The molecule has 1 amide bonds. The van der Waals surface area contributed by atoms with Crippen molar-refractivity contribution >= 4 is 23.1 Å². The van der Waals surface area contributed by atoms with Gasteiger partial charge in [-0.25, -0.2) is 0 Å². The van der Waals surface area contributed by atoms with Gasteiger partial charge in [0.05, 0.1) is 10.6 Å². The lowest BCUT2D eigenvalue weighted by molar-refractivity contribution is 0.0716. The largest absolute Gasteiger partial charge is 0.367 e. The topological polar surface area (TPSA) is 72.4 Å². The van der Waals surface area contributed by atoms with E-state index in [1.807, 2.05) is 30.9 Å². The summed E-state index contributed by atoms with van der Waals surface area (Å²) >= 11 is 1.56. The van der Waals surface area contributed by atoms with E-state index in [0.29, 0.717) is 11.8 Å². The van der Waals surface area contributed by atoms with Gasteiger partial charge in [-0.15, -0.1) is 11.3 Å². The van der Waals surface area contributed by atoms with Gasteiger partial charge in [-0.3, -0.25) is 4.79 Å². The fourth-order valence-corrected chi connectivity index (χ4v) is 3.64. The first kappa shape index (κ1) is 14.1. The maximum atomic E-state index is 12.4. The number of nitrogens with zero attached hydrogens (tertiary/aromatic N) is 2. The molecule has 112 valence electrons. The molecule has 1 fully saturated rings. The van der Waals surface area contributed by atoms with Crippen molar-refractivity contribution in [2.24, 2.45) is 0 Å². The standard InChI is InChI=1S/C15H19N3O2S/c1-9-3-4-12(21-9)15(19)18-7-5-11(6-8-18)13-10(2)14(16)20-17-13/h3-4,11H,5-8,16H2,1-2H3. The van der Waals surface area contributed by atoms with Gasteiger partial charge in [0.25, 0.3) is 5.91 Å². The molecular formula is C15H19N3O2S. The van der Waals surface area contributed by atoms with Crippen LogP contribution < -0.4 is 5.73 Å². The molecule has 0 aliphatic carbocycles. The molecule has 1 saturated heterocycles. The van der Waals surface area contributed by atoms with Crippen molar-refractivity contribution in [3.05, 3.63) is 33.1 Å². The summed E-state index contributed by atoms with van der Waals surface area (Å²) in [6, 6.07) is 3.91. The van der Waals surface area contributed by atoms with Crippen molar-refractivity contribution in [1.29, 1.82) is 0 Å². The lowest BCUT2D eigenvalue weighted by Gasteiger charge is -2.31. The van der Waals surface area contributed by atoms with Crippen molar-refractivity contribution in [2.75, 3.05) is 18.8 Å². The first-order chi connectivity index (χ1) is 10.1. The Morgan fingerprint density at radius 1 is 1.38 bits per heavy atom. The van der Waals surface area contributed by atoms with Crippen LogP contribution in [0.4, 0.5) is 5.88 Å². The quantitative estimate of drug-likeness (QED) is 0.926. The molecule has 0 saturated carbocycles. The predicted octanol–water partition coefficient (Wildman–Crippen LogP) is 2.95. The van der Waals surface area contributed by atoms with E-state index in [4.69, 9.17) is 10.3 Å². The number of rotatable bonds is 2. The third kappa shape index (κ3) is 2.68. The van der Waals surface area contributed by atoms with Crippen molar-refractivity contribution in [3.63, 3.8) is 0 Å². The smallest absolute Gasteiger partial charge is 0.263 e. The fourth-order valence-electron chi connectivity index (χ4n) is 2.80. The van der Waals surface area contributed by atoms with E-state index >= 15 is 0 Å². The van der Waals surface area contributed by atoms with Crippen LogP contribution in [0.1, 0.15) is 44.6 Å². The number of carbonyl (C=O) groups excluding carboxylic acids is 1. The summed E-state index contributed by atoms with van der Waals surface area (Å²) in [6.07, 6.45) is 1.81. The number of thiophene rings is 1. The normalized spacial score (nSPS) is 16.4. The molecule has 0 aromatic carbocycles. The van der Waals surface area contributed by atoms with E-state index in [1.54, 1.807) is 11.3 Å². The highest BCUT2D eigenvalue weighted by atomic mass is 32.1. The molecular weight excluding hydrogens is 286 g/mol. The molecule has 2 aromatic heterocycles. The molecule has 2 aromatic rings. The number of nitrogen functional groups attached to an aromatic ring is 1. The predicted molar refractivity (Wildman–Crippen MR) is 82.6 cm³/mol. The minimum atomic E-state index is 0.142. The van der Waals surface area contributed by atoms with Crippen LogP contribution in [-0.2, 0) is 0 Å². The van der Waals surface area contributed by atoms with Gasteiger partial charge in [0.15, 0.2) is 0 Å². The highest BCUT2D eigenvalue weighted by molar-refractivity contribution is 7.13. The van der Waals surface area contributed by atoms with Crippen LogP contribution in [0.3, 0.4) is 0 Å². The number of likely N-dealkylation sites (tertiary alicyclic amines) is 1. The summed E-state index contributed by atoms with van der Waals surface area (Å²) in [5.74, 6) is 0.876. The van der Waals surface area contributed by atoms with Crippen LogP contribution in [0.25, 0.3) is 0 Å². The number of carbonyl (C=O) groups is 1. The summed E-state index contributed by atoms with van der Waals surface area (Å²) in [4.78, 5) is 16.3. The third-order valence-corrected chi connectivity index (χ3v) is 5.10. The lowest BCUT2D eigenvalue weighted by Crippen LogP contribution is -2.37. The van der Waals surface area contributed by atoms with Gasteiger partial charge in [0.1, 0.15) is 0 Å². The van der Waals surface area contributed by atoms with E-state index in [-0.39, 0.29) is 5.91 Å². The van der Waals surface area contributed by atoms with Gasteiger partial charge < -0.3 is 15.2 Å². The zero-order valence-corrected chi connectivity index (χ0v) is 13.1. The molecule has 0 atom stereocenters. The minimum Gasteiger partial charge on any atom is -0.367 e. The van der Waals surface area contributed by atoms with Crippen LogP contribution in [-0.4, -0.2) is 29.1 Å². The molecule has 2 N–H and O–H groups in total. The number of amides is 1. The number of piperidine rings is 1. The van der Waals surface area contributed by atoms with Crippen LogP contribution in [0.5, 0.6) is 0 Å². The van der Waals surface area contributed by atoms with Crippen molar-refractivity contribution in [1.82, 2.24) is 10.1 Å². The average Bonchev–Trinajstić information content (AvgIpc) is 3.06. The minimum absolute atomic E-state index is 0.142. The number of aryl methyl sites for hydroxylation is 1. The number of hydrogen-bond acceptors (Lipinski definition) is 5. The molecule has 6 heteroatoms. The molecule has 0 bridgehead atoms. The Balaban J connectivity index is 1.65. The van der Waals surface area contributed by atoms with Crippen molar-refractivity contribution in [3.8, 4) is 0 Å². The van der Waals surface area contributed by atoms with Crippen LogP contribution in [0.15, 0.2) is 16.7 Å². The van der Waals surface area contributed by atoms with E-state index < -0.39 is 0 Å². The second-order valence-corrected chi connectivity index (χ2v) is 6.82. The SMILES string of the molecule is Cc1ccc(C(=O)N2CCC(c3noc(N)c3C)CC2)s1. The van der Waals surface area contributed by atoms with E-state index in [1.165, 1.54) is 4.88 Å². The van der Waals surface area contributed by atoms with Gasteiger partial charge in [-0.05, 0) is 38.8 Å². The van der Waals surface area contributed by atoms with Crippen LogP contribution in [0, 0.1) is 13.8 Å². The van der Waals surface area contributed by atoms with Gasteiger partial charge in [0, 0.05) is 29.4 Å². The molecule has 1 aliphatic rings. The molecule has 3 heterocycles. The molecule has 0 unspecified atom stereocenters. The zero-order chi connectivity index (χ0) is 15.0. The summed E-state index contributed by atoms with van der Waals surface area (Å²) < 4.78 is 5.04. The fraction of sp³-hybridized carbons (Fsp3) is 0.467. The molecule has 0 radical (unpaired) electrons. The monoisotopic (exact) mass is 305 g/mol. The number of nitrogens with two attached hydrogens (primary N) is 1. The molecule has 3 rings (SSSR count). The maximum absolute atomic E-state index is 12.4. The average molecular weight is 305 g/mol. The first-order valence-electron chi connectivity index (χ1n) is 7.13. The number of anilines is 1. The second-order valence-electron chi connectivity index (χ2n) is 5.53. The van der Waals surface area contributed by atoms with Gasteiger partial charge in [0.2, 0.25) is 5.88 Å². The van der Waals surface area contributed by atoms with Gasteiger partial charge in [-0.2, -0.15) is 0 Å². The Bertz CT molecular complexity index is 654. The summed E-state index contributed by atoms with van der Waals surface area (Å²) in [6.45, 7) is 5.47.